The highest BCUT2D eigenvalue weighted by Crippen LogP contribution is 2.43. The lowest BCUT2D eigenvalue weighted by Crippen LogP contribution is -2.37. The fourth-order valence-electron chi connectivity index (χ4n) is 5.84. The van der Waals surface area contributed by atoms with Gasteiger partial charge >= 0.3 is 19.8 Å². The number of esters is 2. The van der Waals surface area contributed by atoms with Crippen LogP contribution < -0.4 is 0 Å². The van der Waals surface area contributed by atoms with Gasteiger partial charge in [-0.1, -0.05) is 146 Å². The Balaban J connectivity index is 4.55. The Morgan fingerprint density at radius 1 is 0.632 bits per heavy atom. The number of hydrogen-bond acceptors (Lipinski definition) is 8. The second kappa shape index (κ2) is 38.2. The predicted molar refractivity (Wildman–Crippen MR) is 235 cm³/mol. The highest BCUT2D eigenvalue weighted by atomic mass is 31.2. The molecule has 10 nitrogen and oxygen atoms in total. The second-order valence-corrected chi connectivity index (χ2v) is 17.7. The van der Waals surface area contributed by atoms with E-state index in [0.29, 0.717) is 30.3 Å². The maximum absolute atomic E-state index is 12.7. The van der Waals surface area contributed by atoms with Gasteiger partial charge < -0.3 is 24.0 Å². The number of quaternary nitrogens is 1. The van der Waals surface area contributed by atoms with Crippen molar-refractivity contribution in [3.63, 3.8) is 0 Å². The second-order valence-electron chi connectivity index (χ2n) is 16.3. The summed E-state index contributed by atoms with van der Waals surface area (Å²) in [6.07, 6.45) is 40.5. The Kier molecular flexibility index (Phi) is 36.8. The molecule has 0 aromatic rings. The van der Waals surface area contributed by atoms with E-state index in [4.69, 9.17) is 18.5 Å². The van der Waals surface area contributed by atoms with Crippen LogP contribution in [0.15, 0.2) is 48.6 Å². The average Bonchev–Trinajstić information content (AvgIpc) is 3.15. The lowest BCUT2D eigenvalue weighted by Gasteiger charge is -2.24. The van der Waals surface area contributed by atoms with Gasteiger partial charge in [0.15, 0.2) is 6.10 Å². The van der Waals surface area contributed by atoms with E-state index < -0.39 is 38.6 Å². The van der Waals surface area contributed by atoms with Crippen LogP contribution in [0.3, 0.4) is 0 Å². The number of ether oxygens (including phenoxy) is 2. The van der Waals surface area contributed by atoms with Gasteiger partial charge in [0.1, 0.15) is 19.8 Å². The molecule has 0 aromatic heterocycles. The number of phosphoric ester groups is 1. The molecule has 0 amide bonds. The molecule has 0 fully saturated rings. The summed E-state index contributed by atoms with van der Waals surface area (Å²) < 4.78 is 34.1. The molecule has 0 bridgehead atoms. The van der Waals surface area contributed by atoms with Crippen LogP contribution in [0.5, 0.6) is 0 Å². The maximum Gasteiger partial charge on any atom is 0.472 e. The Hall–Kier alpha value is -2.07. The minimum atomic E-state index is -4.42. The minimum Gasteiger partial charge on any atom is -0.462 e. The number of nitrogens with zero attached hydrogens (tertiary/aromatic N) is 1. The molecule has 0 spiro atoms. The Morgan fingerprint density at radius 3 is 1.74 bits per heavy atom. The zero-order chi connectivity index (χ0) is 42.3. The van der Waals surface area contributed by atoms with Crippen LogP contribution >= 0.6 is 7.82 Å². The molecular weight excluding hydrogens is 741 g/mol. The van der Waals surface area contributed by atoms with Crippen molar-refractivity contribution in [3.8, 4) is 0 Å². The topological polar surface area (TPSA) is 129 Å². The summed E-state index contributed by atoms with van der Waals surface area (Å²) >= 11 is 0. The third-order valence-corrected chi connectivity index (χ3v) is 10.4. The molecule has 3 atom stereocenters. The van der Waals surface area contributed by atoms with Gasteiger partial charge in [-0.3, -0.25) is 18.6 Å². The molecule has 0 saturated carbocycles. The number of aliphatic hydroxyl groups is 1. The lowest BCUT2D eigenvalue weighted by molar-refractivity contribution is -0.870. The van der Waals surface area contributed by atoms with E-state index in [0.717, 1.165) is 51.4 Å². The zero-order valence-corrected chi connectivity index (χ0v) is 37.8. The normalized spacial score (nSPS) is 14.6. The smallest absolute Gasteiger partial charge is 0.462 e. The summed E-state index contributed by atoms with van der Waals surface area (Å²) in [5, 5.41) is 10.3. The Bertz CT molecular complexity index is 1130. The van der Waals surface area contributed by atoms with Crippen LogP contribution in [0.25, 0.3) is 0 Å². The molecule has 0 saturated heterocycles. The van der Waals surface area contributed by atoms with Crippen molar-refractivity contribution in [3.05, 3.63) is 48.6 Å². The summed E-state index contributed by atoms with van der Waals surface area (Å²) in [6.45, 7) is 4.18. The highest BCUT2D eigenvalue weighted by molar-refractivity contribution is 7.47. The first-order valence-corrected chi connectivity index (χ1v) is 24.0. The van der Waals surface area contributed by atoms with Gasteiger partial charge in [-0.2, -0.15) is 0 Å². The number of aliphatic hydroxyl groups excluding tert-OH is 1. The molecular formula is C46H85NO9P+. The van der Waals surface area contributed by atoms with Crippen molar-refractivity contribution in [1.29, 1.82) is 0 Å². The van der Waals surface area contributed by atoms with E-state index >= 15 is 0 Å². The van der Waals surface area contributed by atoms with Crippen LogP contribution in [0.4, 0.5) is 0 Å². The maximum atomic E-state index is 12.7. The molecule has 0 radical (unpaired) electrons. The zero-order valence-electron chi connectivity index (χ0n) is 36.9. The van der Waals surface area contributed by atoms with E-state index in [2.05, 4.69) is 38.2 Å². The lowest BCUT2D eigenvalue weighted by atomic mass is 10.1. The van der Waals surface area contributed by atoms with Crippen molar-refractivity contribution in [2.45, 2.75) is 187 Å². The van der Waals surface area contributed by atoms with E-state index in [-0.39, 0.29) is 26.1 Å². The summed E-state index contributed by atoms with van der Waals surface area (Å²) in [5.41, 5.74) is 0. The van der Waals surface area contributed by atoms with Crippen LogP contribution in [0, 0.1) is 0 Å². The fourth-order valence-corrected chi connectivity index (χ4v) is 6.58. The van der Waals surface area contributed by atoms with Crippen molar-refractivity contribution in [2.75, 3.05) is 47.5 Å². The molecule has 332 valence electrons. The number of unbranched alkanes of at least 4 members (excludes halogenated alkanes) is 17. The Labute approximate surface area is 348 Å². The standard InChI is InChI=1S/C46H84NO9P/c1-6-8-10-12-14-16-18-20-21-23-25-27-29-31-33-37-46(50)56-44(42-55-57(51,52)54-40-39-47(3,4)5)41-53-45(49)38-34-36-43(48)35-32-30-28-26-24-22-19-17-15-13-11-9-7-2/h20-22,24,28,30,32,35,43-44,48H,6-19,23,25-27,29,31,33-34,36-42H2,1-5H3/p+1/b21-20-,24-22+,30-28+,35-32+/t43?,44-/m1/s1. The van der Waals surface area contributed by atoms with Crippen molar-refractivity contribution >= 4 is 19.8 Å². The summed E-state index contributed by atoms with van der Waals surface area (Å²) in [7, 11) is 1.37. The molecule has 0 aliphatic carbocycles. The van der Waals surface area contributed by atoms with E-state index in [1.165, 1.54) is 77.0 Å². The molecule has 0 aliphatic heterocycles. The largest absolute Gasteiger partial charge is 0.472 e. The summed E-state index contributed by atoms with van der Waals surface area (Å²) in [6, 6.07) is 0. The van der Waals surface area contributed by atoms with Gasteiger partial charge in [-0.15, -0.1) is 0 Å². The van der Waals surface area contributed by atoms with Crippen LogP contribution in [0.1, 0.15) is 174 Å². The van der Waals surface area contributed by atoms with Gasteiger partial charge in [-0.25, -0.2) is 4.57 Å². The quantitative estimate of drug-likeness (QED) is 0.0155. The molecule has 0 aromatic carbocycles. The summed E-state index contributed by atoms with van der Waals surface area (Å²) in [5.74, 6) is -1.01. The first-order chi connectivity index (χ1) is 27.4. The monoisotopic (exact) mass is 827 g/mol. The molecule has 2 unspecified atom stereocenters. The number of phosphoric acid groups is 1. The molecule has 2 N–H and O–H groups in total. The first-order valence-electron chi connectivity index (χ1n) is 22.5. The SMILES string of the molecule is CCCCCCCC/C=C\CCCCCCCC(=O)O[C@H](COC(=O)CCCC(O)/C=C/C=C/C/C=C/CCCCCCCC)COP(=O)(O)OCC[N+](C)(C)C. The van der Waals surface area contributed by atoms with Gasteiger partial charge in [0.25, 0.3) is 0 Å². The van der Waals surface area contributed by atoms with Crippen molar-refractivity contribution < 1.29 is 47.2 Å². The number of carbonyl (C=O) groups is 2. The Morgan fingerprint density at radius 2 is 1.16 bits per heavy atom. The van der Waals surface area contributed by atoms with Gasteiger partial charge in [-0.05, 0) is 64.2 Å². The van der Waals surface area contributed by atoms with Crippen LogP contribution in [0.2, 0.25) is 0 Å². The molecule has 0 heterocycles. The van der Waals surface area contributed by atoms with E-state index in [1.54, 1.807) is 6.08 Å². The molecule has 0 rings (SSSR count). The highest BCUT2D eigenvalue weighted by Gasteiger charge is 2.27. The number of hydrogen-bond donors (Lipinski definition) is 2. The number of carbonyl (C=O) groups excluding carboxylic acids is 2. The summed E-state index contributed by atoms with van der Waals surface area (Å²) in [4.78, 5) is 35.4. The number of allylic oxidation sites excluding steroid dienone is 7. The molecule has 57 heavy (non-hydrogen) atoms. The average molecular weight is 827 g/mol. The van der Waals surface area contributed by atoms with Crippen molar-refractivity contribution in [1.82, 2.24) is 0 Å². The fraction of sp³-hybridized carbons (Fsp3) is 0.783. The van der Waals surface area contributed by atoms with Gasteiger partial charge in [0.2, 0.25) is 0 Å². The number of likely N-dealkylation sites (N-methyl/N-ethyl adjacent to an activating group) is 1. The predicted octanol–water partition coefficient (Wildman–Crippen LogP) is 11.7. The minimum absolute atomic E-state index is 0.000225. The van der Waals surface area contributed by atoms with E-state index in [9.17, 15) is 24.2 Å². The third-order valence-electron chi connectivity index (χ3n) is 9.44. The first kappa shape index (κ1) is 54.9. The van der Waals surface area contributed by atoms with Gasteiger partial charge in [0, 0.05) is 12.8 Å². The third kappa shape index (κ3) is 41.9. The van der Waals surface area contributed by atoms with Crippen LogP contribution in [-0.4, -0.2) is 86.1 Å². The van der Waals surface area contributed by atoms with Crippen LogP contribution in [-0.2, 0) is 32.7 Å². The molecule has 11 heteroatoms. The van der Waals surface area contributed by atoms with Gasteiger partial charge in [0.05, 0.1) is 33.9 Å². The molecule has 0 aliphatic rings. The number of rotatable bonds is 40. The van der Waals surface area contributed by atoms with Crippen molar-refractivity contribution in [2.24, 2.45) is 0 Å². The van der Waals surface area contributed by atoms with E-state index in [1.807, 2.05) is 39.4 Å².